The molecular formula is C26H14O4S2. The van der Waals surface area contributed by atoms with Gasteiger partial charge in [0.15, 0.2) is 11.6 Å². The molecule has 2 aliphatic heterocycles. The molecule has 0 saturated carbocycles. The first kappa shape index (κ1) is 19.2. The lowest BCUT2D eigenvalue weighted by atomic mass is 9.96. The highest BCUT2D eigenvalue weighted by molar-refractivity contribution is 7.85. The van der Waals surface area contributed by atoms with Crippen LogP contribution >= 0.6 is 0 Å². The number of carbonyl (C=O) groups is 2. The van der Waals surface area contributed by atoms with Crippen molar-refractivity contribution in [1.29, 1.82) is 0 Å². The Labute approximate surface area is 188 Å². The summed E-state index contributed by atoms with van der Waals surface area (Å²) >= 11 is 0. The minimum atomic E-state index is -1.47. The van der Waals surface area contributed by atoms with Crippen LogP contribution in [0.1, 0.15) is 31.8 Å². The molecule has 6 heteroatoms. The number of benzene rings is 4. The van der Waals surface area contributed by atoms with Crippen LogP contribution in [0.25, 0.3) is 11.1 Å². The third-order valence-electron chi connectivity index (χ3n) is 5.85. The SMILES string of the molecule is O=C1c2ccccc2S(=O)c2cc(-c3ccc4c(c3)S(=O)c3ccccc3C4=O)ccc21. The molecule has 0 aromatic heterocycles. The summed E-state index contributed by atoms with van der Waals surface area (Å²) in [4.78, 5) is 27.7. The van der Waals surface area contributed by atoms with Gasteiger partial charge in [-0.3, -0.25) is 9.59 Å². The number of hydrogen-bond acceptors (Lipinski definition) is 4. The lowest BCUT2D eigenvalue weighted by molar-refractivity contribution is 0.102. The third-order valence-corrected chi connectivity index (χ3v) is 8.83. The summed E-state index contributed by atoms with van der Waals surface area (Å²) in [7, 11) is -2.95. The maximum absolute atomic E-state index is 13.2. The van der Waals surface area contributed by atoms with Crippen LogP contribution in [0.3, 0.4) is 0 Å². The smallest absolute Gasteiger partial charge is 0.195 e. The molecule has 0 bridgehead atoms. The van der Waals surface area contributed by atoms with E-state index in [4.69, 9.17) is 0 Å². The van der Waals surface area contributed by atoms with Gasteiger partial charge in [0, 0.05) is 22.3 Å². The number of ketones is 2. The average Bonchev–Trinajstić information content (AvgIpc) is 2.85. The molecule has 0 spiro atoms. The van der Waals surface area contributed by atoms with E-state index in [-0.39, 0.29) is 11.6 Å². The van der Waals surface area contributed by atoms with Crippen LogP contribution < -0.4 is 0 Å². The molecule has 0 saturated heterocycles. The Hall–Kier alpha value is -3.48. The average molecular weight is 455 g/mol. The maximum Gasteiger partial charge on any atom is 0.195 e. The zero-order valence-electron chi connectivity index (χ0n) is 16.5. The maximum atomic E-state index is 13.2. The molecule has 2 heterocycles. The number of carbonyl (C=O) groups excluding carboxylic acids is 2. The Morgan fingerprint density at radius 1 is 0.438 bits per heavy atom. The highest BCUT2D eigenvalue weighted by atomic mass is 32.2. The summed E-state index contributed by atoms with van der Waals surface area (Å²) < 4.78 is 26.3. The van der Waals surface area contributed by atoms with Crippen LogP contribution in [0.15, 0.2) is 105 Å². The van der Waals surface area contributed by atoms with Crippen molar-refractivity contribution in [3.05, 3.63) is 107 Å². The molecule has 6 rings (SSSR count). The summed E-state index contributed by atoms with van der Waals surface area (Å²) in [6.07, 6.45) is 0. The Bertz CT molecular complexity index is 1430. The molecule has 0 amide bonds. The zero-order chi connectivity index (χ0) is 22.0. The van der Waals surface area contributed by atoms with Gasteiger partial charge in [0.25, 0.3) is 0 Å². The van der Waals surface area contributed by atoms with Crippen LogP contribution in [-0.4, -0.2) is 20.0 Å². The predicted molar refractivity (Wildman–Crippen MR) is 121 cm³/mol. The summed E-state index contributed by atoms with van der Waals surface area (Å²) in [5.74, 6) is -0.286. The minimum Gasteiger partial charge on any atom is -0.289 e. The van der Waals surface area contributed by atoms with E-state index < -0.39 is 21.6 Å². The molecule has 0 radical (unpaired) electrons. The molecule has 2 atom stereocenters. The van der Waals surface area contributed by atoms with Crippen molar-refractivity contribution in [3.8, 4) is 11.1 Å². The fourth-order valence-corrected chi connectivity index (χ4v) is 7.03. The first-order valence-corrected chi connectivity index (χ1v) is 12.2. The summed E-state index contributed by atoms with van der Waals surface area (Å²) in [6.45, 7) is 0. The van der Waals surface area contributed by atoms with E-state index in [1.165, 1.54) is 0 Å². The molecular weight excluding hydrogens is 440 g/mol. The van der Waals surface area contributed by atoms with E-state index in [9.17, 15) is 18.0 Å². The van der Waals surface area contributed by atoms with Crippen molar-refractivity contribution < 1.29 is 18.0 Å². The normalized spacial score (nSPS) is 18.4. The topological polar surface area (TPSA) is 68.3 Å². The number of hydrogen-bond donors (Lipinski definition) is 0. The summed E-state index contributed by atoms with van der Waals surface area (Å²) in [5.41, 5.74) is 3.28. The Balaban J connectivity index is 1.47. The molecule has 0 N–H and O–H groups in total. The largest absolute Gasteiger partial charge is 0.289 e. The quantitative estimate of drug-likeness (QED) is 0.359. The molecule has 154 valence electrons. The van der Waals surface area contributed by atoms with E-state index in [2.05, 4.69) is 0 Å². The van der Waals surface area contributed by atoms with Crippen LogP contribution in [0, 0.1) is 0 Å². The molecule has 4 nitrogen and oxygen atoms in total. The van der Waals surface area contributed by atoms with E-state index >= 15 is 0 Å². The van der Waals surface area contributed by atoms with Crippen LogP contribution in [0.2, 0.25) is 0 Å². The second kappa shape index (κ2) is 7.02. The standard InChI is InChI=1S/C26H14O4S2/c27-25-17-5-1-3-7-21(17)31(29)23-13-15(9-11-19(23)25)16-10-12-20-24(14-16)32(30)22-8-4-2-6-18(22)26(20)28/h1-14H. The minimum absolute atomic E-state index is 0.143. The first-order valence-electron chi connectivity index (χ1n) is 9.94. The Morgan fingerprint density at radius 2 is 0.812 bits per heavy atom. The highest BCUT2D eigenvalue weighted by Crippen LogP contribution is 2.37. The highest BCUT2D eigenvalue weighted by Gasteiger charge is 2.30. The molecule has 4 aromatic carbocycles. The van der Waals surface area contributed by atoms with Crippen LogP contribution in [0.5, 0.6) is 0 Å². The van der Waals surface area contributed by atoms with Crippen molar-refractivity contribution in [2.75, 3.05) is 0 Å². The van der Waals surface area contributed by atoms with Crippen molar-refractivity contribution in [3.63, 3.8) is 0 Å². The fourth-order valence-electron chi connectivity index (χ4n) is 4.24. The monoisotopic (exact) mass is 454 g/mol. The van der Waals surface area contributed by atoms with Gasteiger partial charge < -0.3 is 0 Å². The van der Waals surface area contributed by atoms with E-state index in [1.54, 1.807) is 84.9 Å². The van der Waals surface area contributed by atoms with E-state index in [1.807, 2.05) is 0 Å². The van der Waals surface area contributed by atoms with Crippen molar-refractivity contribution in [2.24, 2.45) is 0 Å². The summed E-state index contributed by atoms with van der Waals surface area (Å²) in [5, 5.41) is 0. The van der Waals surface area contributed by atoms with Crippen LogP contribution in [0.4, 0.5) is 0 Å². The van der Waals surface area contributed by atoms with Gasteiger partial charge in [-0.25, -0.2) is 8.42 Å². The van der Waals surface area contributed by atoms with Gasteiger partial charge >= 0.3 is 0 Å². The molecule has 2 unspecified atom stereocenters. The second-order valence-electron chi connectivity index (χ2n) is 7.61. The molecule has 0 fully saturated rings. The van der Waals surface area contributed by atoms with Gasteiger partial charge in [-0.15, -0.1) is 0 Å². The van der Waals surface area contributed by atoms with Gasteiger partial charge in [0.05, 0.1) is 41.2 Å². The van der Waals surface area contributed by atoms with Gasteiger partial charge in [0.1, 0.15) is 0 Å². The number of fused-ring (bicyclic) bond motifs is 4. The van der Waals surface area contributed by atoms with Crippen molar-refractivity contribution in [2.45, 2.75) is 19.6 Å². The lowest BCUT2D eigenvalue weighted by Gasteiger charge is -2.20. The van der Waals surface area contributed by atoms with E-state index in [0.717, 1.165) is 11.1 Å². The Kier molecular flexibility index (Phi) is 4.22. The molecule has 0 aliphatic carbocycles. The van der Waals surface area contributed by atoms with Gasteiger partial charge in [-0.2, -0.15) is 0 Å². The Morgan fingerprint density at radius 3 is 1.25 bits per heavy atom. The summed E-state index contributed by atoms with van der Waals surface area (Å²) in [6, 6.07) is 24.4. The van der Waals surface area contributed by atoms with E-state index in [0.29, 0.717) is 41.8 Å². The predicted octanol–water partition coefficient (Wildman–Crippen LogP) is 4.78. The van der Waals surface area contributed by atoms with Crippen molar-refractivity contribution >= 4 is 33.2 Å². The lowest BCUT2D eigenvalue weighted by Crippen LogP contribution is -2.16. The molecule has 32 heavy (non-hydrogen) atoms. The van der Waals surface area contributed by atoms with Gasteiger partial charge in [-0.05, 0) is 59.7 Å². The van der Waals surface area contributed by atoms with Gasteiger partial charge in [0.2, 0.25) is 0 Å². The van der Waals surface area contributed by atoms with Gasteiger partial charge in [-0.1, -0.05) is 36.4 Å². The second-order valence-corrected chi connectivity index (χ2v) is 10.4. The van der Waals surface area contributed by atoms with Crippen LogP contribution in [-0.2, 0) is 21.6 Å². The number of rotatable bonds is 1. The third kappa shape index (κ3) is 2.66. The molecule has 4 aromatic rings. The zero-order valence-corrected chi connectivity index (χ0v) is 18.2. The molecule has 2 aliphatic rings. The fraction of sp³-hybridized carbons (Fsp3) is 0. The van der Waals surface area contributed by atoms with Crippen molar-refractivity contribution in [1.82, 2.24) is 0 Å². The first-order chi connectivity index (χ1) is 15.5.